The molecule has 3 rings (SSSR count). The smallest absolute Gasteiger partial charge is 0.316 e. The normalized spacial score (nSPS) is 32.6. The van der Waals surface area contributed by atoms with Gasteiger partial charge in [0.1, 0.15) is 31.5 Å². The zero-order valence-corrected chi connectivity index (χ0v) is 30.3. The number of hydroxylamine groups is 2. The number of cyclic esters (lactones) is 1. The highest BCUT2D eigenvalue weighted by Gasteiger charge is 2.32. The van der Waals surface area contributed by atoms with Crippen molar-refractivity contribution in [3.63, 3.8) is 0 Å². The molecule has 12 nitrogen and oxygen atoms in total. The minimum atomic E-state index is -0.776. The Labute approximate surface area is 277 Å². The standard InChI is InChI=1S/C20H34N4O5.C8H16FNO2.C3H6.C2H6/c1-6-28-22-17-12-23-8-7-18(25)15(3)20(26)27-9-10-29-24(13-17)16(4)19(21-5)14(2)11-23;1-6-4-7(10(2)3)5-8(11-6)12-9;1-3-2;1-2/h14-16H,6-13H2,1-5H3;6-8H,4-5H2,1-3H3;3H,1H2,2H3;1-2H3/b21-19?,22-17-;;;/t14-,15?,16?;;;/m1.../s1. The molecular formula is C33H62FN5O7. The minimum Gasteiger partial charge on any atom is -0.463 e. The number of Topliss-reactive ketones (excluding diaryl/α,β-unsaturated/α-hetero) is 1. The summed E-state index contributed by atoms with van der Waals surface area (Å²) < 4.78 is 22.3. The highest BCUT2D eigenvalue weighted by molar-refractivity contribution is 5.98. The Kier molecular flexibility index (Phi) is 23.6. The third-order valence-electron chi connectivity index (χ3n) is 7.60. The molecule has 0 amide bonds. The minimum absolute atomic E-state index is 0.0758. The Morgan fingerprint density at radius 1 is 1.11 bits per heavy atom. The van der Waals surface area contributed by atoms with E-state index in [1.807, 2.05) is 60.7 Å². The second kappa shape index (κ2) is 24.8. The van der Waals surface area contributed by atoms with E-state index in [1.165, 1.54) is 0 Å². The van der Waals surface area contributed by atoms with Gasteiger partial charge in [0.25, 0.3) is 0 Å². The summed E-state index contributed by atoms with van der Waals surface area (Å²) in [7, 11) is 5.76. The van der Waals surface area contributed by atoms with Crippen molar-refractivity contribution in [3.05, 3.63) is 12.7 Å². The molecule has 2 bridgehead atoms. The number of oxime groups is 1. The summed E-state index contributed by atoms with van der Waals surface area (Å²) in [6.45, 7) is 21.8. The summed E-state index contributed by atoms with van der Waals surface area (Å²) in [4.78, 5) is 48.4. The van der Waals surface area contributed by atoms with Crippen LogP contribution in [0, 0.1) is 11.8 Å². The molecule has 3 aliphatic rings. The van der Waals surface area contributed by atoms with Crippen LogP contribution in [0.4, 0.5) is 4.53 Å². The molecule has 3 heterocycles. The first-order valence-corrected chi connectivity index (χ1v) is 16.5. The second-order valence-electron chi connectivity index (χ2n) is 11.5. The van der Waals surface area contributed by atoms with Crippen LogP contribution in [0.1, 0.15) is 74.7 Å². The molecule has 3 fully saturated rings. The first kappa shape index (κ1) is 43.7. The molecule has 3 saturated heterocycles. The van der Waals surface area contributed by atoms with Crippen molar-refractivity contribution in [2.75, 3.05) is 67.1 Å². The van der Waals surface area contributed by atoms with Crippen molar-refractivity contribution in [1.82, 2.24) is 14.9 Å². The lowest BCUT2D eigenvalue weighted by atomic mass is 9.98. The van der Waals surface area contributed by atoms with Gasteiger partial charge in [-0.25, -0.2) is 0 Å². The second-order valence-corrected chi connectivity index (χ2v) is 11.5. The number of fused-ring (bicyclic) bond motifs is 4. The predicted molar refractivity (Wildman–Crippen MR) is 180 cm³/mol. The molecule has 0 N–H and O–H groups in total. The molecule has 0 radical (unpaired) electrons. The van der Waals surface area contributed by atoms with E-state index in [1.54, 1.807) is 20.0 Å². The SMILES string of the molecule is C=CC.CC.CC1CC(N(C)C)CC(OF)O1.CCO/N=C1/CN2CCC(=O)C(C)C(=O)OCCON(C1)C(C)C(=NC)[C@H](C)C2. The largest absolute Gasteiger partial charge is 0.463 e. The van der Waals surface area contributed by atoms with E-state index in [9.17, 15) is 14.1 Å². The van der Waals surface area contributed by atoms with Gasteiger partial charge in [0.05, 0.1) is 24.4 Å². The molecule has 268 valence electrons. The quantitative estimate of drug-likeness (QED) is 0.182. The van der Waals surface area contributed by atoms with E-state index in [0.717, 1.165) is 24.4 Å². The molecule has 0 aliphatic carbocycles. The molecule has 0 spiro atoms. The highest BCUT2D eigenvalue weighted by atomic mass is 19.3. The van der Waals surface area contributed by atoms with Crippen molar-refractivity contribution < 1.29 is 38.2 Å². The average molecular weight is 660 g/mol. The number of aliphatic imine (C=N–C) groups is 1. The Hall–Kier alpha value is -2.29. The van der Waals surface area contributed by atoms with Crippen LogP contribution in [0.3, 0.4) is 0 Å². The van der Waals surface area contributed by atoms with E-state index < -0.39 is 18.2 Å². The maximum Gasteiger partial charge on any atom is 0.316 e. The van der Waals surface area contributed by atoms with Gasteiger partial charge in [-0.15, -0.1) is 6.58 Å². The molecule has 0 aromatic rings. The number of allylic oxidation sites excluding steroid dienone is 1. The van der Waals surface area contributed by atoms with Gasteiger partial charge in [-0.3, -0.25) is 24.3 Å². The molecule has 8 atom stereocenters. The Bertz CT molecular complexity index is 936. The maximum absolute atomic E-state index is 12.5. The van der Waals surface area contributed by atoms with Gasteiger partial charge in [0, 0.05) is 57.2 Å². The Morgan fingerprint density at radius 2 is 1.76 bits per heavy atom. The lowest BCUT2D eigenvalue weighted by Crippen LogP contribution is -2.44. The monoisotopic (exact) mass is 659 g/mol. The molecule has 46 heavy (non-hydrogen) atoms. The van der Waals surface area contributed by atoms with Crippen molar-refractivity contribution >= 4 is 23.2 Å². The molecule has 0 saturated carbocycles. The van der Waals surface area contributed by atoms with Gasteiger partial charge in [-0.2, -0.15) is 10.0 Å². The van der Waals surface area contributed by atoms with E-state index in [-0.39, 0.29) is 43.5 Å². The number of hydrogen-bond acceptors (Lipinski definition) is 12. The van der Waals surface area contributed by atoms with Crippen molar-refractivity contribution in [1.29, 1.82) is 0 Å². The average Bonchev–Trinajstić information content (AvgIpc) is 3.08. The lowest BCUT2D eigenvalue weighted by Gasteiger charge is -2.34. The molecule has 13 heteroatoms. The summed E-state index contributed by atoms with van der Waals surface area (Å²) in [5.74, 6) is -1.23. The number of ether oxygens (including phenoxy) is 2. The molecule has 0 aromatic carbocycles. The number of carbonyl (C=O) groups excluding carboxylic acids is 2. The van der Waals surface area contributed by atoms with Gasteiger partial charge < -0.3 is 19.2 Å². The van der Waals surface area contributed by atoms with Crippen LogP contribution in [-0.2, 0) is 33.7 Å². The van der Waals surface area contributed by atoms with Crippen LogP contribution >= 0.6 is 0 Å². The number of ketones is 1. The van der Waals surface area contributed by atoms with Gasteiger partial charge >= 0.3 is 5.97 Å². The number of carbonyl (C=O) groups is 2. The molecule has 0 aromatic heterocycles. The van der Waals surface area contributed by atoms with Gasteiger partial charge in [0.2, 0.25) is 0 Å². The van der Waals surface area contributed by atoms with Crippen LogP contribution in [0.25, 0.3) is 0 Å². The van der Waals surface area contributed by atoms with Gasteiger partial charge in [0.15, 0.2) is 6.29 Å². The third kappa shape index (κ3) is 16.0. The highest BCUT2D eigenvalue weighted by Crippen LogP contribution is 2.23. The number of hydrogen-bond donors (Lipinski definition) is 0. The first-order chi connectivity index (χ1) is 21.9. The van der Waals surface area contributed by atoms with Crippen LogP contribution in [0.15, 0.2) is 22.8 Å². The summed E-state index contributed by atoms with van der Waals surface area (Å²) in [6, 6.07) is 0.276. The molecule has 3 aliphatic heterocycles. The van der Waals surface area contributed by atoms with Gasteiger partial charge in [-0.1, -0.05) is 32.0 Å². The fourth-order valence-corrected chi connectivity index (χ4v) is 5.27. The summed E-state index contributed by atoms with van der Waals surface area (Å²) >= 11 is 0. The Morgan fingerprint density at radius 3 is 2.33 bits per heavy atom. The topological polar surface area (TPSA) is 115 Å². The summed E-state index contributed by atoms with van der Waals surface area (Å²) in [6.07, 6.45) is 2.97. The Balaban J connectivity index is 0.000000984. The maximum atomic E-state index is 12.5. The fraction of sp³-hybridized carbons (Fsp3) is 0.818. The zero-order valence-electron chi connectivity index (χ0n) is 30.3. The van der Waals surface area contributed by atoms with Crippen LogP contribution in [0.5, 0.6) is 0 Å². The van der Waals surface area contributed by atoms with Crippen LogP contribution < -0.4 is 0 Å². The third-order valence-corrected chi connectivity index (χ3v) is 7.60. The number of rotatable bonds is 4. The number of esters is 1. The number of halogens is 1. The van der Waals surface area contributed by atoms with E-state index in [2.05, 4.69) is 38.4 Å². The van der Waals surface area contributed by atoms with E-state index in [4.69, 9.17) is 19.1 Å². The van der Waals surface area contributed by atoms with Crippen LogP contribution in [-0.4, -0.2) is 130 Å². The molecular weight excluding hydrogens is 597 g/mol. The fourth-order valence-electron chi connectivity index (χ4n) is 5.27. The lowest BCUT2D eigenvalue weighted by molar-refractivity contribution is -0.304. The zero-order chi connectivity index (χ0) is 35.2. The number of nitrogens with zero attached hydrogens (tertiary/aromatic N) is 5. The van der Waals surface area contributed by atoms with Crippen molar-refractivity contribution in [2.45, 2.75) is 99.1 Å². The first-order valence-electron chi connectivity index (χ1n) is 16.5. The summed E-state index contributed by atoms with van der Waals surface area (Å²) in [5.41, 5.74) is 1.83. The predicted octanol–water partition coefficient (Wildman–Crippen LogP) is 4.74. The van der Waals surface area contributed by atoms with Crippen molar-refractivity contribution in [2.24, 2.45) is 22.0 Å². The van der Waals surface area contributed by atoms with Gasteiger partial charge in [-0.05, 0) is 59.7 Å². The molecule has 7 unspecified atom stereocenters. The van der Waals surface area contributed by atoms with E-state index in [0.29, 0.717) is 38.7 Å². The van der Waals surface area contributed by atoms with Crippen molar-refractivity contribution in [3.8, 4) is 0 Å². The summed E-state index contributed by atoms with van der Waals surface area (Å²) in [5, 5.41) is 6.12. The van der Waals surface area contributed by atoms with Crippen LogP contribution in [0.2, 0.25) is 0 Å². The van der Waals surface area contributed by atoms with E-state index >= 15 is 0 Å².